The minimum absolute atomic E-state index is 0.132. The van der Waals surface area contributed by atoms with Gasteiger partial charge >= 0.3 is 0 Å². The maximum Gasteiger partial charge on any atom is 0.248 e. The number of carbonyl (C=O) groups is 1. The first-order chi connectivity index (χ1) is 9.41. The van der Waals surface area contributed by atoms with Crippen LogP contribution >= 0.6 is 0 Å². The van der Waals surface area contributed by atoms with E-state index in [0.717, 1.165) is 45.1 Å². The molecule has 2 fully saturated rings. The van der Waals surface area contributed by atoms with Gasteiger partial charge in [-0.25, -0.2) is 0 Å². The smallest absolute Gasteiger partial charge is 0.248 e. The predicted octanol–water partition coefficient (Wildman–Crippen LogP) is 2.31. The molecule has 2 aliphatic carbocycles. The Balaban J connectivity index is 1.86. The van der Waals surface area contributed by atoms with Gasteiger partial charge in [0.2, 0.25) is 5.91 Å². The molecule has 0 saturated heterocycles. The standard InChI is InChI=1S/C16H30N2O2/c1-4-18(13-5-6-13)14(19)11-20-16(12-17)9-7-15(2,3)8-10-16/h13H,4-12,17H2,1-3H3. The van der Waals surface area contributed by atoms with Crippen molar-refractivity contribution >= 4 is 5.91 Å². The summed E-state index contributed by atoms with van der Waals surface area (Å²) in [5.41, 5.74) is 6.06. The molecule has 0 aromatic rings. The molecule has 0 radical (unpaired) electrons. The zero-order valence-corrected chi connectivity index (χ0v) is 13.3. The Labute approximate surface area is 123 Å². The maximum absolute atomic E-state index is 12.2. The topological polar surface area (TPSA) is 55.6 Å². The highest BCUT2D eigenvalue weighted by atomic mass is 16.5. The van der Waals surface area contributed by atoms with Gasteiger partial charge in [0.25, 0.3) is 0 Å². The Kier molecular flexibility index (Phi) is 4.75. The zero-order valence-electron chi connectivity index (χ0n) is 13.3. The van der Waals surface area contributed by atoms with Crippen molar-refractivity contribution in [3.63, 3.8) is 0 Å². The fourth-order valence-corrected chi connectivity index (χ4v) is 3.11. The lowest BCUT2D eigenvalue weighted by atomic mass is 9.71. The Morgan fingerprint density at radius 2 is 1.85 bits per heavy atom. The van der Waals surface area contributed by atoms with Crippen LogP contribution in [0.5, 0.6) is 0 Å². The SMILES string of the molecule is CCN(C(=O)COC1(CN)CCC(C)(C)CC1)C1CC1. The molecule has 0 aliphatic heterocycles. The van der Waals surface area contributed by atoms with Gasteiger partial charge in [-0.3, -0.25) is 4.79 Å². The third-order valence-electron chi connectivity index (χ3n) is 5.04. The first-order valence-corrected chi connectivity index (χ1v) is 8.05. The van der Waals surface area contributed by atoms with Crippen LogP contribution in [0.1, 0.15) is 59.3 Å². The van der Waals surface area contributed by atoms with E-state index in [0.29, 0.717) is 18.0 Å². The van der Waals surface area contributed by atoms with Crippen LogP contribution in [-0.4, -0.2) is 42.1 Å². The van der Waals surface area contributed by atoms with Gasteiger partial charge in [-0.1, -0.05) is 13.8 Å². The number of hydrogen-bond donors (Lipinski definition) is 1. The van der Waals surface area contributed by atoms with Gasteiger partial charge in [-0.2, -0.15) is 0 Å². The molecule has 1 amide bonds. The molecule has 0 aromatic heterocycles. The molecule has 2 aliphatic rings. The van der Waals surface area contributed by atoms with Crippen LogP contribution in [0.4, 0.5) is 0 Å². The summed E-state index contributed by atoms with van der Waals surface area (Å²) < 4.78 is 6.02. The fourth-order valence-electron chi connectivity index (χ4n) is 3.11. The Bertz CT molecular complexity index is 340. The maximum atomic E-state index is 12.2. The summed E-state index contributed by atoms with van der Waals surface area (Å²) in [6.45, 7) is 8.14. The second kappa shape index (κ2) is 6.02. The second-order valence-electron chi connectivity index (χ2n) is 7.25. The van der Waals surface area contributed by atoms with Crippen LogP contribution in [0, 0.1) is 5.41 Å². The summed E-state index contributed by atoms with van der Waals surface area (Å²) in [4.78, 5) is 14.2. The molecule has 2 N–H and O–H groups in total. The van der Waals surface area contributed by atoms with Crippen LogP contribution in [0.2, 0.25) is 0 Å². The van der Waals surface area contributed by atoms with Crippen molar-refractivity contribution in [3.8, 4) is 0 Å². The minimum atomic E-state index is -0.270. The highest BCUT2D eigenvalue weighted by molar-refractivity contribution is 5.78. The predicted molar refractivity (Wildman–Crippen MR) is 80.4 cm³/mol. The van der Waals surface area contributed by atoms with Crippen LogP contribution in [0.15, 0.2) is 0 Å². The van der Waals surface area contributed by atoms with Crippen molar-refractivity contribution in [2.24, 2.45) is 11.1 Å². The van der Waals surface area contributed by atoms with E-state index in [9.17, 15) is 4.79 Å². The van der Waals surface area contributed by atoms with Crippen molar-refractivity contribution in [2.75, 3.05) is 19.7 Å². The number of nitrogens with zero attached hydrogens (tertiary/aromatic N) is 1. The first-order valence-electron chi connectivity index (χ1n) is 8.05. The van der Waals surface area contributed by atoms with E-state index < -0.39 is 0 Å². The third kappa shape index (κ3) is 3.73. The third-order valence-corrected chi connectivity index (χ3v) is 5.04. The van der Waals surface area contributed by atoms with E-state index in [-0.39, 0.29) is 18.1 Å². The van der Waals surface area contributed by atoms with E-state index in [1.165, 1.54) is 0 Å². The van der Waals surface area contributed by atoms with Crippen LogP contribution in [-0.2, 0) is 9.53 Å². The molecule has 0 aromatic carbocycles. The van der Waals surface area contributed by atoms with E-state index >= 15 is 0 Å². The van der Waals surface area contributed by atoms with E-state index in [1.54, 1.807) is 0 Å². The zero-order chi connectivity index (χ0) is 14.8. The van der Waals surface area contributed by atoms with Gasteiger partial charge in [-0.15, -0.1) is 0 Å². The molecule has 0 atom stereocenters. The van der Waals surface area contributed by atoms with E-state index in [2.05, 4.69) is 13.8 Å². The van der Waals surface area contributed by atoms with Gasteiger partial charge in [0.05, 0.1) is 5.60 Å². The Hall–Kier alpha value is -0.610. The lowest BCUT2D eigenvalue weighted by molar-refractivity contribution is -0.147. The minimum Gasteiger partial charge on any atom is -0.364 e. The quantitative estimate of drug-likeness (QED) is 0.813. The number of ether oxygens (including phenoxy) is 1. The highest BCUT2D eigenvalue weighted by Crippen LogP contribution is 2.41. The number of rotatable bonds is 6. The Morgan fingerprint density at radius 1 is 1.25 bits per heavy atom. The van der Waals surface area contributed by atoms with Crippen molar-refractivity contribution in [3.05, 3.63) is 0 Å². The molecular formula is C16H30N2O2. The molecule has 2 rings (SSSR count). The number of carbonyl (C=O) groups excluding carboxylic acids is 1. The van der Waals surface area contributed by atoms with E-state index in [4.69, 9.17) is 10.5 Å². The molecule has 116 valence electrons. The van der Waals surface area contributed by atoms with Gasteiger partial charge in [0.15, 0.2) is 0 Å². The monoisotopic (exact) mass is 282 g/mol. The lowest BCUT2D eigenvalue weighted by Gasteiger charge is -2.42. The molecule has 4 heteroatoms. The summed E-state index contributed by atoms with van der Waals surface area (Å²) in [5, 5.41) is 0. The summed E-state index contributed by atoms with van der Waals surface area (Å²) in [6, 6.07) is 0.468. The molecular weight excluding hydrogens is 252 g/mol. The van der Waals surface area contributed by atoms with Crippen LogP contribution in [0.25, 0.3) is 0 Å². The van der Waals surface area contributed by atoms with Gasteiger partial charge < -0.3 is 15.4 Å². The number of amides is 1. The van der Waals surface area contributed by atoms with Crippen molar-refractivity contribution in [1.29, 1.82) is 0 Å². The van der Waals surface area contributed by atoms with E-state index in [1.807, 2.05) is 11.8 Å². The summed E-state index contributed by atoms with van der Waals surface area (Å²) in [5.74, 6) is 0.132. The molecule has 0 spiro atoms. The largest absolute Gasteiger partial charge is 0.364 e. The van der Waals surface area contributed by atoms with Gasteiger partial charge in [0, 0.05) is 19.1 Å². The molecule has 4 nitrogen and oxygen atoms in total. The van der Waals surface area contributed by atoms with Crippen LogP contribution in [0.3, 0.4) is 0 Å². The molecule has 0 bridgehead atoms. The fraction of sp³-hybridized carbons (Fsp3) is 0.938. The molecule has 20 heavy (non-hydrogen) atoms. The van der Waals surface area contributed by atoms with Gasteiger partial charge in [-0.05, 0) is 50.9 Å². The second-order valence-corrected chi connectivity index (χ2v) is 7.25. The van der Waals surface area contributed by atoms with Crippen LogP contribution < -0.4 is 5.73 Å². The first kappa shape index (κ1) is 15.8. The number of nitrogens with two attached hydrogens (primary N) is 1. The summed E-state index contributed by atoms with van der Waals surface area (Å²) in [7, 11) is 0. The number of likely N-dealkylation sites (N-methyl/N-ethyl adjacent to an activating group) is 1. The normalized spacial score (nSPS) is 24.4. The van der Waals surface area contributed by atoms with Crippen molar-refractivity contribution in [2.45, 2.75) is 70.9 Å². The average Bonchev–Trinajstić information content (AvgIpc) is 3.24. The highest BCUT2D eigenvalue weighted by Gasteiger charge is 2.39. The number of hydrogen-bond acceptors (Lipinski definition) is 3. The molecule has 2 saturated carbocycles. The lowest BCUT2D eigenvalue weighted by Crippen LogP contribution is -2.48. The molecule has 0 heterocycles. The summed E-state index contributed by atoms with van der Waals surface area (Å²) in [6.07, 6.45) is 6.49. The summed E-state index contributed by atoms with van der Waals surface area (Å²) >= 11 is 0. The van der Waals surface area contributed by atoms with Crippen molar-refractivity contribution in [1.82, 2.24) is 4.90 Å². The molecule has 0 unspecified atom stereocenters. The van der Waals surface area contributed by atoms with Crippen molar-refractivity contribution < 1.29 is 9.53 Å². The van der Waals surface area contributed by atoms with Gasteiger partial charge in [0.1, 0.15) is 6.61 Å². The Morgan fingerprint density at radius 3 is 2.30 bits per heavy atom. The average molecular weight is 282 g/mol.